The predicted molar refractivity (Wildman–Crippen MR) is 65.6 cm³/mol. The number of furan rings is 1. The van der Waals surface area contributed by atoms with Gasteiger partial charge < -0.3 is 9.32 Å². The largest absolute Gasteiger partial charge is 0.456 e. The molecule has 0 aliphatic rings. The Morgan fingerprint density at radius 1 is 1.25 bits per heavy atom. The molecular weight excluding hydrogens is 202 g/mol. The Labute approximate surface area is 96.8 Å². The molecule has 4 heteroatoms. The van der Waals surface area contributed by atoms with Gasteiger partial charge in [-0.15, -0.1) is 0 Å². The number of hydrogen-bond donors (Lipinski definition) is 2. The molecule has 0 unspecified atom stereocenters. The van der Waals surface area contributed by atoms with E-state index in [1.165, 1.54) is 4.90 Å². The molecule has 0 saturated carbocycles. The van der Waals surface area contributed by atoms with Gasteiger partial charge in [-0.3, -0.25) is 0 Å². The summed E-state index contributed by atoms with van der Waals surface area (Å²) in [5, 5.41) is 5.20. The molecule has 16 heavy (non-hydrogen) atoms. The maximum atomic E-state index is 5.63. The van der Waals surface area contributed by atoms with Crippen molar-refractivity contribution >= 4 is 12.3 Å². The van der Waals surface area contributed by atoms with Crippen LogP contribution < -0.4 is 9.91 Å². The molecule has 0 saturated heterocycles. The lowest BCUT2D eigenvalue weighted by atomic mass is 10.4. The van der Waals surface area contributed by atoms with Crippen LogP contribution in [0, 0.1) is 0 Å². The van der Waals surface area contributed by atoms with E-state index in [2.05, 4.69) is 19.2 Å². The average molecular weight is 223 g/mol. The second kappa shape index (κ2) is 6.25. The van der Waals surface area contributed by atoms with E-state index in [1.54, 1.807) is 6.21 Å². The van der Waals surface area contributed by atoms with Crippen LogP contribution in [-0.4, -0.2) is 34.4 Å². The third kappa shape index (κ3) is 4.91. The van der Waals surface area contributed by atoms with E-state index in [1.807, 2.05) is 38.4 Å². The van der Waals surface area contributed by atoms with E-state index in [0.29, 0.717) is 0 Å². The summed E-state index contributed by atoms with van der Waals surface area (Å²) >= 11 is 0. The number of nitrogens with one attached hydrogen (secondary N) is 2. The molecular formula is C12H21N3O+2. The first kappa shape index (κ1) is 12.7. The van der Waals surface area contributed by atoms with Crippen LogP contribution in [0.15, 0.2) is 27.7 Å². The molecule has 0 bridgehead atoms. The first-order valence-electron chi connectivity index (χ1n) is 5.46. The van der Waals surface area contributed by atoms with Crippen molar-refractivity contribution in [1.82, 2.24) is 0 Å². The summed E-state index contributed by atoms with van der Waals surface area (Å²) in [7, 11) is 8.14. The SMILES string of the molecule is C[NH+](C)Cc1ccc(/C=C/C=N\[NH+](C)C)o1. The summed E-state index contributed by atoms with van der Waals surface area (Å²) in [6.07, 6.45) is 5.58. The molecule has 0 fully saturated rings. The Bertz CT molecular complexity index is 364. The Kier molecular flexibility index (Phi) is 4.95. The number of allylic oxidation sites excluding steroid dienone is 1. The average Bonchev–Trinajstić information content (AvgIpc) is 2.59. The fourth-order valence-corrected chi connectivity index (χ4v) is 1.26. The first-order valence-corrected chi connectivity index (χ1v) is 5.46. The lowest BCUT2D eigenvalue weighted by Gasteiger charge is -2.02. The van der Waals surface area contributed by atoms with Crippen molar-refractivity contribution in [3.05, 3.63) is 29.7 Å². The van der Waals surface area contributed by atoms with Gasteiger partial charge in [0.1, 0.15) is 12.3 Å². The van der Waals surface area contributed by atoms with Gasteiger partial charge in [-0.25, -0.2) is 5.01 Å². The summed E-state index contributed by atoms with van der Waals surface area (Å²) in [6.45, 7) is 0.907. The predicted octanol–water partition coefficient (Wildman–Crippen LogP) is -0.932. The van der Waals surface area contributed by atoms with Crippen molar-refractivity contribution in [2.24, 2.45) is 5.10 Å². The Morgan fingerprint density at radius 2 is 2.00 bits per heavy atom. The minimum atomic E-state index is 0.872. The highest BCUT2D eigenvalue weighted by molar-refractivity contribution is 5.76. The molecule has 0 atom stereocenters. The first-order chi connectivity index (χ1) is 7.58. The van der Waals surface area contributed by atoms with Crippen molar-refractivity contribution in [1.29, 1.82) is 0 Å². The summed E-state index contributed by atoms with van der Waals surface area (Å²) < 4.78 is 5.63. The molecule has 88 valence electrons. The normalized spacial score (nSPS) is 12.6. The lowest BCUT2D eigenvalue weighted by Crippen LogP contribution is -3.04. The number of nitrogens with zero attached hydrogens (tertiary/aromatic N) is 1. The standard InChI is InChI=1S/C12H19N3O/c1-14(2)10-12-8-7-11(16-12)6-5-9-13-15(3)4/h5-9H,10H2,1-4H3/p+2/b6-5+,13-9-. The summed E-state index contributed by atoms with van der Waals surface area (Å²) in [5.74, 6) is 1.88. The van der Waals surface area contributed by atoms with Crippen LogP contribution in [0.25, 0.3) is 6.08 Å². The molecule has 1 aromatic rings. The zero-order valence-electron chi connectivity index (χ0n) is 10.4. The molecule has 0 aliphatic carbocycles. The van der Waals surface area contributed by atoms with Crippen LogP contribution in [0.5, 0.6) is 0 Å². The highest BCUT2D eigenvalue weighted by atomic mass is 16.3. The zero-order chi connectivity index (χ0) is 12.0. The van der Waals surface area contributed by atoms with E-state index in [-0.39, 0.29) is 0 Å². The number of hydrogen-bond acceptors (Lipinski definition) is 2. The molecule has 0 aromatic carbocycles. The van der Waals surface area contributed by atoms with Crippen LogP contribution in [0.1, 0.15) is 11.5 Å². The minimum absolute atomic E-state index is 0.872. The summed E-state index contributed by atoms with van der Waals surface area (Å²) in [5.41, 5.74) is 0. The van der Waals surface area contributed by atoms with E-state index in [0.717, 1.165) is 23.1 Å². The summed E-state index contributed by atoms with van der Waals surface area (Å²) in [4.78, 5) is 1.35. The smallest absolute Gasteiger partial charge is 0.158 e. The second-order valence-electron chi connectivity index (χ2n) is 4.27. The molecule has 1 heterocycles. The zero-order valence-corrected chi connectivity index (χ0v) is 10.4. The van der Waals surface area contributed by atoms with E-state index < -0.39 is 0 Å². The van der Waals surface area contributed by atoms with Gasteiger partial charge in [0.05, 0.1) is 34.4 Å². The monoisotopic (exact) mass is 223 g/mol. The van der Waals surface area contributed by atoms with Gasteiger partial charge in [0.25, 0.3) is 0 Å². The molecule has 1 aromatic heterocycles. The van der Waals surface area contributed by atoms with Crippen LogP contribution in [0.3, 0.4) is 0 Å². The van der Waals surface area contributed by atoms with Crippen LogP contribution in [0.2, 0.25) is 0 Å². The quantitative estimate of drug-likeness (QED) is 0.491. The van der Waals surface area contributed by atoms with Crippen LogP contribution in [-0.2, 0) is 6.54 Å². The van der Waals surface area contributed by atoms with Gasteiger partial charge in [-0.05, 0) is 24.3 Å². The molecule has 0 radical (unpaired) electrons. The highest BCUT2D eigenvalue weighted by Crippen LogP contribution is 2.07. The molecule has 0 amide bonds. The van der Waals surface area contributed by atoms with Crippen LogP contribution in [0.4, 0.5) is 0 Å². The fraction of sp³-hybridized carbons (Fsp3) is 0.417. The molecule has 0 spiro atoms. The number of rotatable bonds is 5. The number of quaternary nitrogens is 2. The highest BCUT2D eigenvalue weighted by Gasteiger charge is 2.02. The molecule has 0 aliphatic heterocycles. The van der Waals surface area contributed by atoms with Crippen molar-refractivity contribution < 1.29 is 14.3 Å². The Hall–Kier alpha value is -1.39. The van der Waals surface area contributed by atoms with E-state index >= 15 is 0 Å². The van der Waals surface area contributed by atoms with E-state index in [4.69, 9.17) is 4.42 Å². The third-order valence-electron chi connectivity index (χ3n) is 1.89. The van der Waals surface area contributed by atoms with Gasteiger partial charge in [0, 0.05) is 0 Å². The topological polar surface area (TPSA) is 34.4 Å². The van der Waals surface area contributed by atoms with Crippen molar-refractivity contribution in [3.63, 3.8) is 0 Å². The van der Waals surface area contributed by atoms with Gasteiger partial charge in [-0.2, -0.15) is 0 Å². The maximum absolute atomic E-state index is 5.63. The van der Waals surface area contributed by atoms with Crippen LogP contribution >= 0.6 is 0 Å². The maximum Gasteiger partial charge on any atom is 0.158 e. The second-order valence-corrected chi connectivity index (χ2v) is 4.27. The molecule has 1 rings (SSSR count). The van der Waals surface area contributed by atoms with Crippen molar-refractivity contribution in [2.45, 2.75) is 6.54 Å². The van der Waals surface area contributed by atoms with Crippen molar-refractivity contribution in [2.75, 3.05) is 28.2 Å². The lowest BCUT2D eigenvalue weighted by molar-refractivity contribution is -0.873. The Morgan fingerprint density at radius 3 is 2.62 bits per heavy atom. The fourth-order valence-electron chi connectivity index (χ4n) is 1.26. The minimum Gasteiger partial charge on any atom is -0.456 e. The molecule has 2 N–H and O–H groups in total. The van der Waals surface area contributed by atoms with Crippen molar-refractivity contribution in [3.8, 4) is 0 Å². The van der Waals surface area contributed by atoms with Gasteiger partial charge in [0.15, 0.2) is 5.76 Å². The summed E-state index contributed by atoms with van der Waals surface area (Å²) in [6, 6.07) is 3.99. The van der Waals surface area contributed by atoms with E-state index in [9.17, 15) is 0 Å². The third-order valence-corrected chi connectivity index (χ3v) is 1.89. The van der Waals surface area contributed by atoms with Gasteiger partial charge >= 0.3 is 0 Å². The van der Waals surface area contributed by atoms with Gasteiger partial charge in [-0.1, -0.05) is 5.10 Å². The Balaban J connectivity index is 2.51. The van der Waals surface area contributed by atoms with Gasteiger partial charge in [0.2, 0.25) is 0 Å². The molecule has 4 nitrogen and oxygen atoms in total.